The van der Waals surface area contributed by atoms with Gasteiger partial charge >= 0.3 is 11.7 Å². The van der Waals surface area contributed by atoms with Gasteiger partial charge in [-0.2, -0.15) is 0 Å². The zero-order chi connectivity index (χ0) is 31.5. The van der Waals surface area contributed by atoms with Crippen molar-refractivity contribution >= 4 is 52.9 Å². The molecule has 0 aliphatic carbocycles. The Morgan fingerprint density at radius 1 is 1.23 bits per heavy atom. The fourth-order valence-electron chi connectivity index (χ4n) is 4.68. The molecule has 228 valence electrons. The topological polar surface area (TPSA) is 217 Å². The van der Waals surface area contributed by atoms with E-state index in [0.717, 1.165) is 4.90 Å². The van der Waals surface area contributed by atoms with Crippen molar-refractivity contribution in [2.24, 2.45) is 12.8 Å². The Labute approximate surface area is 257 Å². The molecule has 3 atom stereocenters. The number of imide groups is 1. The second-order valence-electron chi connectivity index (χ2n) is 9.49. The van der Waals surface area contributed by atoms with E-state index < -0.39 is 58.4 Å². The molecule has 3 heterocycles. The summed E-state index contributed by atoms with van der Waals surface area (Å²) < 4.78 is 6.86. The molecule has 0 spiro atoms. The average molecular weight is 641 g/mol. The lowest BCUT2D eigenvalue weighted by atomic mass is 9.99. The van der Waals surface area contributed by atoms with Gasteiger partial charge in [0, 0.05) is 24.6 Å². The van der Waals surface area contributed by atoms with E-state index in [1.807, 2.05) is 0 Å². The first-order valence-electron chi connectivity index (χ1n) is 12.9. The maximum absolute atomic E-state index is 13.8. The standard InChI is InChI=1S/C26H24N8O8S2/c1-31-26(28-29-30-31)44-13-15-12-43-24-21(23(37)33(24)20(15)25(38)39)32(22(36)19(27)14-7-3-2-4-8-14)18(35)11-42-17-10-6-5-9-16(17)34(40)41/h2-10,19,21,24H,11-13,27H2,1H3,(H,38,39)/t19-,21?,24-/m1/s1. The van der Waals surface area contributed by atoms with Gasteiger partial charge in [-0.3, -0.25) is 34.3 Å². The Balaban J connectivity index is 1.43. The van der Waals surface area contributed by atoms with Crippen LogP contribution >= 0.6 is 23.5 Å². The van der Waals surface area contributed by atoms with E-state index in [1.54, 1.807) is 37.4 Å². The number of aryl methyl sites for hydroxylation is 1. The quantitative estimate of drug-likeness (QED) is 0.129. The molecule has 5 rings (SSSR count). The van der Waals surface area contributed by atoms with E-state index >= 15 is 0 Å². The van der Waals surface area contributed by atoms with Crippen molar-refractivity contribution in [3.05, 3.63) is 81.5 Å². The predicted octanol–water partition coefficient (Wildman–Crippen LogP) is 0.967. The molecule has 1 aromatic heterocycles. The molecular weight excluding hydrogens is 616 g/mol. The Kier molecular flexibility index (Phi) is 8.93. The SMILES string of the molecule is Cn1nnnc1SCC1=C(C(=O)O)N2C(=O)C(N(C(=O)COc3ccccc3[N+](=O)[O-])C(=O)[C@H](N)c3ccccc3)[C@H]2SC1. The molecule has 0 radical (unpaired) electrons. The number of rotatable bonds is 11. The number of aromatic nitrogens is 4. The molecule has 16 nitrogen and oxygen atoms in total. The third kappa shape index (κ3) is 5.86. The summed E-state index contributed by atoms with van der Waals surface area (Å²) in [5.74, 6) is -3.89. The van der Waals surface area contributed by atoms with E-state index in [0.29, 0.717) is 21.2 Å². The van der Waals surface area contributed by atoms with Crippen LogP contribution < -0.4 is 10.5 Å². The van der Waals surface area contributed by atoms with Crippen molar-refractivity contribution in [2.45, 2.75) is 22.6 Å². The molecule has 0 bridgehead atoms. The van der Waals surface area contributed by atoms with Crippen LogP contribution in [0.15, 0.2) is 71.0 Å². The number of carbonyl (C=O) groups is 4. The smallest absolute Gasteiger partial charge is 0.352 e. The molecule has 3 N–H and O–H groups in total. The van der Waals surface area contributed by atoms with Gasteiger partial charge in [0.25, 0.3) is 17.7 Å². The van der Waals surface area contributed by atoms with Gasteiger partial charge in [-0.1, -0.05) is 54.2 Å². The Hall–Kier alpha value is -4.81. The summed E-state index contributed by atoms with van der Waals surface area (Å²) in [6.45, 7) is -0.825. The summed E-state index contributed by atoms with van der Waals surface area (Å²) in [6.07, 6.45) is 0. The number of β-lactam (4-membered cyclic amide) rings is 1. The number of ether oxygens (including phenoxy) is 1. The van der Waals surface area contributed by atoms with Crippen LogP contribution in [0.3, 0.4) is 0 Å². The van der Waals surface area contributed by atoms with Crippen molar-refractivity contribution in [2.75, 3.05) is 18.1 Å². The number of carboxylic acid groups (broad SMARTS) is 1. The monoisotopic (exact) mass is 640 g/mol. The van der Waals surface area contributed by atoms with E-state index in [4.69, 9.17) is 10.5 Å². The number of amides is 3. The second-order valence-corrected chi connectivity index (χ2v) is 11.5. The average Bonchev–Trinajstić information content (AvgIpc) is 3.44. The van der Waals surface area contributed by atoms with Crippen LogP contribution in [-0.4, -0.2) is 93.3 Å². The molecule has 2 aromatic carbocycles. The molecule has 44 heavy (non-hydrogen) atoms. The zero-order valence-electron chi connectivity index (χ0n) is 22.9. The number of nitrogens with zero attached hydrogens (tertiary/aromatic N) is 7. The van der Waals surface area contributed by atoms with Gasteiger partial charge < -0.3 is 15.6 Å². The summed E-state index contributed by atoms with van der Waals surface area (Å²) in [5.41, 5.74) is 6.41. The first-order chi connectivity index (χ1) is 21.1. The maximum atomic E-state index is 13.8. The Morgan fingerprint density at radius 2 is 1.93 bits per heavy atom. The van der Waals surface area contributed by atoms with Crippen LogP contribution in [0.25, 0.3) is 0 Å². The maximum Gasteiger partial charge on any atom is 0.352 e. The zero-order valence-corrected chi connectivity index (χ0v) is 24.5. The minimum Gasteiger partial charge on any atom is -0.477 e. The first kappa shape index (κ1) is 30.6. The number of carboxylic acids is 1. The minimum absolute atomic E-state index is 0.175. The number of nitro groups is 1. The van der Waals surface area contributed by atoms with E-state index in [2.05, 4.69) is 15.5 Å². The van der Waals surface area contributed by atoms with Crippen molar-refractivity contribution in [1.29, 1.82) is 0 Å². The highest BCUT2D eigenvalue weighted by Crippen LogP contribution is 2.44. The van der Waals surface area contributed by atoms with Crippen LogP contribution in [0.5, 0.6) is 5.75 Å². The molecule has 2 aliphatic rings. The highest BCUT2D eigenvalue weighted by atomic mass is 32.2. The van der Waals surface area contributed by atoms with E-state index in [9.17, 15) is 34.4 Å². The molecule has 3 aromatic rings. The second kappa shape index (κ2) is 12.8. The van der Waals surface area contributed by atoms with Gasteiger partial charge in [0.2, 0.25) is 5.16 Å². The lowest BCUT2D eigenvalue weighted by Gasteiger charge is -2.52. The molecule has 1 fully saturated rings. The summed E-state index contributed by atoms with van der Waals surface area (Å²) >= 11 is 2.37. The number of fused-ring (bicyclic) bond motifs is 1. The molecule has 1 unspecified atom stereocenters. The van der Waals surface area contributed by atoms with Crippen molar-refractivity contribution in [1.82, 2.24) is 30.0 Å². The van der Waals surface area contributed by atoms with Gasteiger partial charge in [-0.25, -0.2) is 9.48 Å². The van der Waals surface area contributed by atoms with Gasteiger partial charge in [0.1, 0.15) is 23.2 Å². The first-order valence-corrected chi connectivity index (χ1v) is 14.9. The summed E-state index contributed by atoms with van der Waals surface area (Å²) in [5, 5.41) is 32.2. The number of hydrogen-bond acceptors (Lipinski definition) is 13. The summed E-state index contributed by atoms with van der Waals surface area (Å²) in [6, 6.07) is 10.8. The number of nitrogens with two attached hydrogens (primary N) is 1. The fourth-order valence-corrected chi connectivity index (χ4v) is 7.06. The lowest BCUT2D eigenvalue weighted by Crippen LogP contribution is -2.73. The largest absolute Gasteiger partial charge is 0.477 e. The molecule has 0 saturated carbocycles. The third-order valence-electron chi connectivity index (χ3n) is 6.80. The van der Waals surface area contributed by atoms with Gasteiger partial charge in [-0.15, -0.1) is 16.9 Å². The summed E-state index contributed by atoms with van der Waals surface area (Å²) in [7, 11) is 1.63. The molecule has 1 saturated heterocycles. The highest BCUT2D eigenvalue weighted by Gasteiger charge is 2.58. The van der Waals surface area contributed by atoms with Crippen LogP contribution in [0.4, 0.5) is 5.69 Å². The van der Waals surface area contributed by atoms with Crippen LogP contribution in [0.2, 0.25) is 0 Å². The van der Waals surface area contributed by atoms with Crippen molar-refractivity contribution in [3.63, 3.8) is 0 Å². The van der Waals surface area contributed by atoms with E-state index in [-0.39, 0.29) is 23.0 Å². The predicted molar refractivity (Wildman–Crippen MR) is 155 cm³/mol. The number of carbonyl (C=O) groups excluding carboxylic acids is 3. The van der Waals surface area contributed by atoms with Gasteiger partial charge in [-0.05, 0) is 27.6 Å². The van der Waals surface area contributed by atoms with Crippen LogP contribution in [0.1, 0.15) is 11.6 Å². The normalized spacial score (nSPS) is 18.2. The number of nitro benzene ring substituents is 1. The van der Waals surface area contributed by atoms with Crippen LogP contribution in [0, 0.1) is 10.1 Å². The summed E-state index contributed by atoms with van der Waals surface area (Å²) in [4.78, 5) is 65.8. The van der Waals surface area contributed by atoms with Gasteiger partial charge in [0.15, 0.2) is 12.4 Å². The number of benzene rings is 2. The molecule has 18 heteroatoms. The van der Waals surface area contributed by atoms with Crippen molar-refractivity contribution in [3.8, 4) is 5.75 Å². The fraction of sp³-hybridized carbons (Fsp3) is 0.269. The molecule has 3 amide bonds. The Bertz CT molecular complexity index is 1670. The molecule has 2 aliphatic heterocycles. The number of aliphatic carboxylic acids is 1. The Morgan fingerprint density at radius 3 is 2.59 bits per heavy atom. The number of hydrogen-bond donors (Lipinski definition) is 2. The lowest BCUT2D eigenvalue weighted by molar-refractivity contribution is -0.385. The van der Waals surface area contributed by atoms with E-state index in [1.165, 1.54) is 52.5 Å². The molecular formula is C26H24N8O8S2. The van der Waals surface area contributed by atoms with Crippen LogP contribution in [-0.2, 0) is 26.2 Å². The highest BCUT2D eigenvalue weighted by molar-refractivity contribution is 8.01. The van der Waals surface area contributed by atoms with Gasteiger partial charge in [0.05, 0.1) is 4.92 Å². The minimum atomic E-state index is -1.39. The third-order valence-corrected chi connectivity index (χ3v) is 9.22. The number of thioether (sulfide) groups is 2. The number of para-hydroxylation sites is 2. The number of tetrazole rings is 1. The van der Waals surface area contributed by atoms with Crippen molar-refractivity contribution < 1.29 is 33.9 Å².